The summed E-state index contributed by atoms with van der Waals surface area (Å²) >= 11 is 0.851. The molecule has 0 saturated heterocycles. The molecule has 0 unspecified atom stereocenters. The van der Waals surface area contributed by atoms with Crippen molar-refractivity contribution in [2.45, 2.75) is 31.0 Å². The Labute approximate surface area is 170 Å². The largest absolute Gasteiger partial charge is 0.497 e. The SMILES string of the molecule is COc1ccc2c(c1)CCCN2C(=O)CSc1nc(C)cc(C(F)(F)F)c1C#N. The van der Waals surface area contributed by atoms with Crippen LogP contribution in [-0.4, -0.2) is 30.3 Å². The second-order valence-corrected chi connectivity index (χ2v) is 7.50. The van der Waals surface area contributed by atoms with Gasteiger partial charge in [0.1, 0.15) is 16.8 Å². The van der Waals surface area contributed by atoms with E-state index < -0.39 is 17.3 Å². The lowest BCUT2D eigenvalue weighted by atomic mass is 10.0. The van der Waals surface area contributed by atoms with Crippen molar-refractivity contribution in [3.63, 3.8) is 0 Å². The molecule has 0 spiro atoms. The van der Waals surface area contributed by atoms with Crippen LogP contribution in [0, 0.1) is 18.3 Å². The fraction of sp³-hybridized carbons (Fsp3) is 0.350. The highest BCUT2D eigenvalue weighted by Crippen LogP contribution is 2.36. The molecule has 1 aromatic carbocycles. The lowest BCUT2D eigenvalue weighted by Gasteiger charge is -2.29. The van der Waals surface area contributed by atoms with Crippen molar-refractivity contribution in [1.82, 2.24) is 4.98 Å². The number of nitrogens with zero attached hydrogens (tertiary/aromatic N) is 3. The summed E-state index contributed by atoms with van der Waals surface area (Å²) in [7, 11) is 1.57. The maximum Gasteiger partial charge on any atom is 0.417 e. The van der Waals surface area contributed by atoms with E-state index in [2.05, 4.69) is 4.98 Å². The van der Waals surface area contributed by atoms with Crippen molar-refractivity contribution in [2.75, 3.05) is 24.3 Å². The van der Waals surface area contributed by atoms with Crippen LogP contribution < -0.4 is 9.64 Å². The highest BCUT2D eigenvalue weighted by Gasteiger charge is 2.36. The average Bonchev–Trinajstić information content (AvgIpc) is 2.69. The summed E-state index contributed by atoms with van der Waals surface area (Å²) in [6.45, 7) is 1.95. The standard InChI is InChI=1S/C20H18F3N3O2S/c1-12-8-16(20(21,22)23)15(10-24)19(25-12)29-11-18(27)26-7-3-4-13-9-14(28-2)5-6-17(13)26/h5-6,8-9H,3-4,7,11H2,1-2H3. The Bertz CT molecular complexity index is 986. The second kappa shape index (κ2) is 8.33. The van der Waals surface area contributed by atoms with E-state index in [0.29, 0.717) is 12.3 Å². The predicted octanol–water partition coefficient (Wildman–Crippen LogP) is 4.36. The molecule has 0 aliphatic carbocycles. The minimum absolute atomic E-state index is 0.0832. The Balaban J connectivity index is 1.83. The van der Waals surface area contributed by atoms with Gasteiger partial charge in [-0.2, -0.15) is 18.4 Å². The summed E-state index contributed by atoms with van der Waals surface area (Å²) in [5.41, 5.74) is 0.320. The number of aryl methyl sites for hydroxylation is 2. The molecule has 152 valence electrons. The van der Waals surface area contributed by atoms with Gasteiger partial charge in [0, 0.05) is 17.9 Å². The highest BCUT2D eigenvalue weighted by molar-refractivity contribution is 8.00. The minimum Gasteiger partial charge on any atom is -0.497 e. The van der Waals surface area contributed by atoms with Crippen LogP contribution in [-0.2, 0) is 17.4 Å². The second-order valence-electron chi connectivity index (χ2n) is 6.53. The van der Waals surface area contributed by atoms with E-state index in [0.717, 1.165) is 41.9 Å². The lowest BCUT2D eigenvalue weighted by molar-refractivity contribution is -0.138. The molecule has 9 heteroatoms. The number of aromatic nitrogens is 1. The van der Waals surface area contributed by atoms with E-state index in [1.807, 2.05) is 12.1 Å². The van der Waals surface area contributed by atoms with Crippen LogP contribution in [0.3, 0.4) is 0 Å². The highest BCUT2D eigenvalue weighted by atomic mass is 32.2. The zero-order valence-electron chi connectivity index (χ0n) is 15.8. The Morgan fingerprint density at radius 2 is 2.14 bits per heavy atom. The zero-order valence-corrected chi connectivity index (χ0v) is 16.7. The van der Waals surface area contributed by atoms with Gasteiger partial charge in [0.25, 0.3) is 0 Å². The smallest absolute Gasteiger partial charge is 0.417 e. The molecule has 0 atom stereocenters. The third-order valence-electron chi connectivity index (χ3n) is 4.57. The van der Waals surface area contributed by atoms with Gasteiger partial charge in [0.15, 0.2) is 0 Å². The first-order valence-electron chi connectivity index (χ1n) is 8.83. The van der Waals surface area contributed by atoms with Crippen molar-refractivity contribution in [2.24, 2.45) is 0 Å². The Hall–Kier alpha value is -2.73. The number of pyridine rings is 1. The van der Waals surface area contributed by atoms with Crippen LogP contribution in [0.5, 0.6) is 5.75 Å². The summed E-state index contributed by atoms with van der Waals surface area (Å²) < 4.78 is 44.9. The number of hydrogen-bond donors (Lipinski definition) is 0. The van der Waals surface area contributed by atoms with E-state index in [9.17, 15) is 23.2 Å². The number of amides is 1. The maximum absolute atomic E-state index is 13.2. The van der Waals surface area contributed by atoms with E-state index in [1.54, 1.807) is 24.1 Å². The summed E-state index contributed by atoms with van der Waals surface area (Å²) in [4.78, 5) is 18.5. The summed E-state index contributed by atoms with van der Waals surface area (Å²) in [5.74, 6) is 0.338. The minimum atomic E-state index is -4.66. The third kappa shape index (κ3) is 4.48. The van der Waals surface area contributed by atoms with Crippen LogP contribution in [0.4, 0.5) is 18.9 Å². The molecular formula is C20H18F3N3O2S. The molecule has 1 aliphatic heterocycles. The number of rotatable bonds is 4. The number of fused-ring (bicyclic) bond motifs is 1. The first-order valence-corrected chi connectivity index (χ1v) is 9.82. The van der Waals surface area contributed by atoms with Crippen LogP contribution in [0.1, 0.15) is 28.8 Å². The van der Waals surface area contributed by atoms with Crippen molar-refractivity contribution in [1.29, 1.82) is 5.26 Å². The van der Waals surface area contributed by atoms with Crippen molar-refractivity contribution in [3.05, 3.63) is 46.6 Å². The fourth-order valence-corrected chi connectivity index (χ4v) is 4.17. The number of hydrogen-bond acceptors (Lipinski definition) is 5. The molecule has 1 aromatic heterocycles. The molecule has 0 N–H and O–H groups in total. The molecule has 5 nitrogen and oxygen atoms in total. The van der Waals surface area contributed by atoms with Crippen molar-refractivity contribution >= 4 is 23.4 Å². The molecule has 1 amide bonds. The maximum atomic E-state index is 13.2. The van der Waals surface area contributed by atoms with Gasteiger partial charge in [-0.25, -0.2) is 4.98 Å². The monoisotopic (exact) mass is 421 g/mol. The van der Waals surface area contributed by atoms with Gasteiger partial charge in [-0.15, -0.1) is 0 Å². The number of ether oxygens (including phenoxy) is 1. The van der Waals surface area contributed by atoms with Crippen LogP contribution in [0.15, 0.2) is 29.3 Å². The molecule has 2 aromatic rings. The number of halogens is 3. The zero-order chi connectivity index (χ0) is 21.2. The average molecular weight is 421 g/mol. The number of carbonyl (C=O) groups excluding carboxylic acids is 1. The molecule has 1 aliphatic rings. The van der Waals surface area contributed by atoms with Crippen LogP contribution in [0.25, 0.3) is 0 Å². The first kappa shape index (κ1) is 21.0. The molecular weight excluding hydrogens is 403 g/mol. The molecule has 0 saturated carbocycles. The predicted molar refractivity (Wildman–Crippen MR) is 103 cm³/mol. The quantitative estimate of drug-likeness (QED) is 0.687. The Kier molecular flexibility index (Phi) is 6.03. The number of anilines is 1. The number of benzene rings is 1. The number of alkyl halides is 3. The van der Waals surface area contributed by atoms with Crippen molar-refractivity contribution in [3.8, 4) is 11.8 Å². The molecule has 0 bridgehead atoms. The number of carbonyl (C=O) groups is 1. The summed E-state index contributed by atoms with van der Waals surface area (Å²) in [6.07, 6.45) is -3.07. The molecule has 3 rings (SSSR count). The topological polar surface area (TPSA) is 66.2 Å². The molecule has 0 radical (unpaired) electrons. The van der Waals surface area contributed by atoms with E-state index >= 15 is 0 Å². The number of methoxy groups -OCH3 is 1. The third-order valence-corrected chi connectivity index (χ3v) is 5.53. The summed E-state index contributed by atoms with van der Waals surface area (Å²) in [5, 5.41) is 9.15. The van der Waals surface area contributed by atoms with E-state index in [-0.39, 0.29) is 22.4 Å². The first-order chi connectivity index (χ1) is 13.7. The Morgan fingerprint density at radius 3 is 2.79 bits per heavy atom. The van der Waals surface area contributed by atoms with Gasteiger partial charge in [-0.05, 0) is 49.6 Å². The summed E-state index contributed by atoms with van der Waals surface area (Å²) in [6, 6.07) is 7.89. The molecule has 2 heterocycles. The van der Waals surface area contributed by atoms with E-state index in [1.165, 1.54) is 6.92 Å². The van der Waals surface area contributed by atoms with Gasteiger partial charge < -0.3 is 9.64 Å². The van der Waals surface area contributed by atoms with Gasteiger partial charge in [0.05, 0.1) is 24.0 Å². The molecule has 29 heavy (non-hydrogen) atoms. The van der Waals surface area contributed by atoms with Gasteiger partial charge in [-0.3, -0.25) is 4.79 Å². The van der Waals surface area contributed by atoms with Crippen molar-refractivity contribution < 1.29 is 22.7 Å². The fourth-order valence-electron chi connectivity index (χ4n) is 3.25. The van der Waals surface area contributed by atoms with E-state index in [4.69, 9.17) is 4.74 Å². The normalized spacial score (nSPS) is 13.6. The molecule has 0 fully saturated rings. The number of thioether (sulfide) groups is 1. The van der Waals surface area contributed by atoms with Gasteiger partial charge in [-0.1, -0.05) is 11.8 Å². The van der Waals surface area contributed by atoms with Crippen LogP contribution >= 0.6 is 11.8 Å². The van der Waals surface area contributed by atoms with Crippen LogP contribution in [0.2, 0.25) is 0 Å². The number of nitriles is 1. The van der Waals surface area contributed by atoms with Gasteiger partial charge >= 0.3 is 6.18 Å². The lowest BCUT2D eigenvalue weighted by Crippen LogP contribution is -2.36. The van der Waals surface area contributed by atoms with Gasteiger partial charge in [0.2, 0.25) is 5.91 Å². The Morgan fingerprint density at radius 1 is 1.38 bits per heavy atom.